The first kappa shape index (κ1) is 12.8. The Bertz CT molecular complexity index is 262. The smallest absolute Gasteiger partial charge is 0.325 e. The van der Waals surface area contributed by atoms with Crippen LogP contribution in [0, 0.1) is 0 Å². The lowest BCUT2D eigenvalue weighted by atomic mass is 9.95. The van der Waals surface area contributed by atoms with E-state index in [9.17, 15) is 9.59 Å². The lowest BCUT2D eigenvalue weighted by molar-refractivity contribution is -0.138. The number of urea groups is 1. The maximum atomic E-state index is 11.7. The van der Waals surface area contributed by atoms with E-state index in [1.807, 2.05) is 0 Å². The number of carboxylic acids is 1. The summed E-state index contributed by atoms with van der Waals surface area (Å²) in [6.45, 7) is 1.47. The molecule has 1 aliphatic carbocycles. The molecule has 0 saturated heterocycles. The second-order valence-electron chi connectivity index (χ2n) is 4.41. The van der Waals surface area contributed by atoms with Crippen LogP contribution in [0.1, 0.15) is 39.0 Å². The lowest BCUT2D eigenvalue weighted by Crippen LogP contribution is -2.49. The number of rotatable bonds is 3. The van der Waals surface area contributed by atoms with Crippen molar-refractivity contribution in [1.82, 2.24) is 10.2 Å². The third-order valence-electron chi connectivity index (χ3n) is 3.15. The minimum atomic E-state index is -1.01. The van der Waals surface area contributed by atoms with Gasteiger partial charge in [-0.3, -0.25) is 4.79 Å². The highest BCUT2D eigenvalue weighted by atomic mass is 16.4. The Hall–Kier alpha value is -1.26. The van der Waals surface area contributed by atoms with Crippen molar-refractivity contribution < 1.29 is 14.7 Å². The number of carbonyl (C=O) groups is 2. The van der Waals surface area contributed by atoms with Gasteiger partial charge in [-0.15, -0.1) is 0 Å². The van der Waals surface area contributed by atoms with E-state index in [-0.39, 0.29) is 12.1 Å². The van der Waals surface area contributed by atoms with E-state index in [1.165, 1.54) is 13.3 Å². The third-order valence-corrected chi connectivity index (χ3v) is 3.15. The van der Waals surface area contributed by atoms with E-state index in [2.05, 4.69) is 5.32 Å². The number of nitrogens with zero attached hydrogens (tertiary/aromatic N) is 1. The molecule has 92 valence electrons. The average Bonchev–Trinajstić information content (AvgIpc) is 2.28. The fourth-order valence-electron chi connectivity index (χ4n) is 1.98. The van der Waals surface area contributed by atoms with Crippen molar-refractivity contribution in [3.63, 3.8) is 0 Å². The first-order chi connectivity index (χ1) is 7.52. The molecule has 0 aromatic heterocycles. The van der Waals surface area contributed by atoms with Gasteiger partial charge in [0.05, 0.1) is 0 Å². The number of hydrogen-bond donors (Lipinski definition) is 2. The normalized spacial score (nSPS) is 18.9. The molecule has 2 amide bonds. The molecule has 0 aromatic carbocycles. The van der Waals surface area contributed by atoms with Crippen molar-refractivity contribution in [2.45, 2.75) is 51.1 Å². The Labute approximate surface area is 95.8 Å². The summed E-state index contributed by atoms with van der Waals surface area (Å²) < 4.78 is 0. The predicted octanol–water partition coefficient (Wildman–Crippen LogP) is 1.43. The average molecular weight is 228 g/mol. The Morgan fingerprint density at radius 2 is 1.88 bits per heavy atom. The molecule has 1 rings (SSSR count). The molecular weight excluding hydrogens is 208 g/mol. The molecule has 1 aliphatic rings. The van der Waals surface area contributed by atoms with Crippen molar-refractivity contribution >= 4 is 12.0 Å². The Morgan fingerprint density at radius 3 is 2.38 bits per heavy atom. The van der Waals surface area contributed by atoms with Gasteiger partial charge < -0.3 is 15.3 Å². The van der Waals surface area contributed by atoms with Crippen molar-refractivity contribution in [3.05, 3.63) is 0 Å². The molecule has 5 heteroatoms. The third kappa shape index (κ3) is 3.40. The van der Waals surface area contributed by atoms with Gasteiger partial charge in [-0.2, -0.15) is 0 Å². The molecule has 16 heavy (non-hydrogen) atoms. The highest BCUT2D eigenvalue weighted by Gasteiger charge is 2.24. The molecule has 0 heterocycles. The molecule has 5 nitrogen and oxygen atoms in total. The van der Waals surface area contributed by atoms with Crippen molar-refractivity contribution in [3.8, 4) is 0 Å². The van der Waals surface area contributed by atoms with Gasteiger partial charge >= 0.3 is 12.0 Å². The van der Waals surface area contributed by atoms with Crippen LogP contribution in [-0.2, 0) is 4.79 Å². The first-order valence-corrected chi connectivity index (χ1v) is 5.78. The van der Waals surface area contributed by atoms with Gasteiger partial charge in [0.2, 0.25) is 0 Å². The highest BCUT2D eigenvalue weighted by Crippen LogP contribution is 2.21. The standard InChI is InChI=1S/C11H20N2O3/c1-8(10(14)15)12-11(16)13(2)9-6-4-3-5-7-9/h8-9H,3-7H2,1-2H3,(H,12,16)(H,14,15)/t8-/m1/s1. The number of nitrogens with one attached hydrogen (secondary N) is 1. The van der Waals surface area contributed by atoms with Crippen LogP contribution in [0.25, 0.3) is 0 Å². The van der Waals surface area contributed by atoms with E-state index < -0.39 is 12.0 Å². The van der Waals surface area contributed by atoms with E-state index in [0.29, 0.717) is 0 Å². The summed E-state index contributed by atoms with van der Waals surface area (Å²) in [6.07, 6.45) is 5.57. The Morgan fingerprint density at radius 1 is 1.31 bits per heavy atom. The number of amides is 2. The van der Waals surface area contributed by atoms with Crippen molar-refractivity contribution in [1.29, 1.82) is 0 Å². The van der Waals surface area contributed by atoms with Gasteiger partial charge in [0.1, 0.15) is 6.04 Å². The summed E-state index contributed by atoms with van der Waals surface area (Å²) in [5.41, 5.74) is 0. The van der Waals surface area contributed by atoms with Gasteiger partial charge in [0.25, 0.3) is 0 Å². The number of carbonyl (C=O) groups excluding carboxylic acids is 1. The maximum absolute atomic E-state index is 11.7. The zero-order valence-electron chi connectivity index (χ0n) is 9.90. The summed E-state index contributed by atoms with van der Waals surface area (Å²) in [6, 6.07) is -0.866. The van der Waals surface area contributed by atoms with Crippen LogP contribution < -0.4 is 5.32 Å². The largest absolute Gasteiger partial charge is 0.480 e. The fraction of sp³-hybridized carbons (Fsp3) is 0.818. The predicted molar refractivity (Wildman–Crippen MR) is 60.3 cm³/mol. The number of aliphatic carboxylic acids is 1. The number of carboxylic acid groups (broad SMARTS) is 1. The molecule has 0 radical (unpaired) electrons. The zero-order chi connectivity index (χ0) is 12.1. The summed E-state index contributed by atoms with van der Waals surface area (Å²) in [5.74, 6) is -1.01. The topological polar surface area (TPSA) is 69.6 Å². The molecule has 0 aromatic rings. The van der Waals surface area contributed by atoms with Crippen LogP contribution in [-0.4, -0.2) is 41.1 Å². The second-order valence-corrected chi connectivity index (χ2v) is 4.41. The van der Waals surface area contributed by atoms with Gasteiger partial charge in [-0.1, -0.05) is 19.3 Å². The van der Waals surface area contributed by atoms with E-state index >= 15 is 0 Å². The molecule has 0 aliphatic heterocycles. The molecule has 1 fully saturated rings. The molecule has 2 N–H and O–H groups in total. The van der Waals surface area contributed by atoms with Gasteiger partial charge in [0.15, 0.2) is 0 Å². The van der Waals surface area contributed by atoms with Crippen LogP contribution in [0.3, 0.4) is 0 Å². The van der Waals surface area contributed by atoms with E-state index in [0.717, 1.165) is 25.7 Å². The van der Waals surface area contributed by atoms with Crippen LogP contribution in [0.2, 0.25) is 0 Å². The quantitative estimate of drug-likeness (QED) is 0.767. The Kier molecular flexibility index (Phi) is 4.58. The lowest BCUT2D eigenvalue weighted by Gasteiger charge is -2.31. The molecule has 0 spiro atoms. The minimum Gasteiger partial charge on any atom is -0.480 e. The number of hydrogen-bond acceptors (Lipinski definition) is 2. The second kappa shape index (κ2) is 5.72. The molecule has 1 atom stereocenters. The molecule has 1 saturated carbocycles. The van der Waals surface area contributed by atoms with E-state index in [1.54, 1.807) is 11.9 Å². The van der Waals surface area contributed by atoms with Crippen molar-refractivity contribution in [2.75, 3.05) is 7.05 Å². The molecule has 0 unspecified atom stereocenters. The fourth-order valence-corrected chi connectivity index (χ4v) is 1.98. The summed E-state index contributed by atoms with van der Waals surface area (Å²) in [7, 11) is 1.74. The highest BCUT2D eigenvalue weighted by molar-refractivity contribution is 5.82. The van der Waals surface area contributed by atoms with Gasteiger partial charge in [-0.05, 0) is 19.8 Å². The molecular formula is C11H20N2O3. The molecule has 0 bridgehead atoms. The van der Waals surface area contributed by atoms with Gasteiger partial charge in [0, 0.05) is 13.1 Å². The summed E-state index contributed by atoms with van der Waals surface area (Å²) in [4.78, 5) is 23.9. The van der Waals surface area contributed by atoms with Crippen LogP contribution in [0.15, 0.2) is 0 Å². The van der Waals surface area contributed by atoms with Crippen LogP contribution in [0.5, 0.6) is 0 Å². The minimum absolute atomic E-state index is 0.259. The zero-order valence-corrected chi connectivity index (χ0v) is 9.90. The summed E-state index contributed by atoms with van der Waals surface area (Å²) >= 11 is 0. The van der Waals surface area contributed by atoms with Crippen LogP contribution in [0.4, 0.5) is 4.79 Å². The Balaban J connectivity index is 2.43. The summed E-state index contributed by atoms with van der Waals surface area (Å²) in [5, 5.41) is 11.2. The van der Waals surface area contributed by atoms with Crippen molar-refractivity contribution in [2.24, 2.45) is 0 Å². The SMILES string of the molecule is C[C@@H](NC(=O)N(C)C1CCCCC1)C(=O)O. The van der Waals surface area contributed by atoms with E-state index in [4.69, 9.17) is 5.11 Å². The van der Waals surface area contributed by atoms with Gasteiger partial charge in [-0.25, -0.2) is 4.79 Å². The van der Waals surface area contributed by atoms with Crippen LogP contribution >= 0.6 is 0 Å². The monoisotopic (exact) mass is 228 g/mol. The maximum Gasteiger partial charge on any atom is 0.325 e. The first-order valence-electron chi connectivity index (χ1n) is 5.78.